The van der Waals surface area contributed by atoms with Crippen LogP contribution in [0.3, 0.4) is 0 Å². The lowest BCUT2D eigenvalue weighted by Gasteiger charge is -2.23. The first-order valence-electron chi connectivity index (χ1n) is 6.34. The molecule has 0 aromatic carbocycles. The highest BCUT2D eigenvalue weighted by atomic mass is 16.6. The minimum absolute atomic E-state index is 0.0625. The molecule has 2 aliphatic heterocycles. The molecule has 0 aromatic rings. The monoisotopic (exact) mass is 268 g/mol. The molecule has 6 nitrogen and oxygen atoms in total. The van der Waals surface area contributed by atoms with Gasteiger partial charge in [-0.3, -0.25) is 14.4 Å². The van der Waals surface area contributed by atoms with Crippen molar-refractivity contribution in [1.82, 2.24) is 0 Å². The van der Waals surface area contributed by atoms with E-state index in [0.717, 1.165) is 0 Å². The van der Waals surface area contributed by atoms with Gasteiger partial charge in [0.05, 0.1) is 38.3 Å². The molecule has 2 saturated heterocycles. The predicted molar refractivity (Wildman–Crippen MR) is 60.8 cm³/mol. The Balaban J connectivity index is 1.90. The summed E-state index contributed by atoms with van der Waals surface area (Å²) in [4.78, 5) is 35.3. The molecule has 0 radical (unpaired) electrons. The fourth-order valence-corrected chi connectivity index (χ4v) is 4.00. The highest BCUT2D eigenvalue weighted by Gasteiger charge is 2.76. The fraction of sp³-hybridized carbons (Fsp3) is 0.769. The van der Waals surface area contributed by atoms with Crippen LogP contribution in [0, 0.1) is 29.6 Å². The largest absolute Gasteiger partial charge is 0.469 e. The first-order valence-corrected chi connectivity index (χ1v) is 6.34. The Morgan fingerprint density at radius 3 is 1.58 bits per heavy atom. The third kappa shape index (κ3) is 1.49. The molecule has 1 saturated carbocycles. The molecule has 3 unspecified atom stereocenters. The lowest BCUT2D eigenvalue weighted by Crippen LogP contribution is -2.40. The minimum atomic E-state index is -0.645. The van der Waals surface area contributed by atoms with Gasteiger partial charge in [0, 0.05) is 17.8 Å². The van der Waals surface area contributed by atoms with E-state index in [2.05, 4.69) is 0 Å². The fourth-order valence-electron chi connectivity index (χ4n) is 4.00. The van der Waals surface area contributed by atoms with Crippen LogP contribution >= 0.6 is 0 Å². The van der Waals surface area contributed by atoms with E-state index in [9.17, 15) is 14.4 Å². The zero-order valence-electron chi connectivity index (χ0n) is 11.0. The number of carbonyl (C=O) groups excluding carboxylic acids is 3. The van der Waals surface area contributed by atoms with E-state index >= 15 is 0 Å². The first kappa shape index (κ1) is 12.6. The number of hydrogen-bond donors (Lipinski definition) is 0. The summed E-state index contributed by atoms with van der Waals surface area (Å²) in [6.07, 6.45) is -0.777. The Morgan fingerprint density at radius 2 is 1.26 bits per heavy atom. The van der Waals surface area contributed by atoms with Crippen molar-refractivity contribution in [2.75, 3.05) is 14.2 Å². The van der Waals surface area contributed by atoms with Crippen LogP contribution < -0.4 is 0 Å². The Morgan fingerprint density at radius 1 is 0.842 bits per heavy atom. The zero-order chi connectivity index (χ0) is 13.9. The Kier molecular flexibility index (Phi) is 2.67. The van der Waals surface area contributed by atoms with Crippen LogP contribution in [0.15, 0.2) is 0 Å². The van der Waals surface area contributed by atoms with Crippen molar-refractivity contribution >= 4 is 17.7 Å². The van der Waals surface area contributed by atoms with Crippen LogP contribution in [0.2, 0.25) is 0 Å². The van der Waals surface area contributed by atoms with Gasteiger partial charge in [-0.05, 0) is 6.92 Å². The van der Waals surface area contributed by atoms with E-state index in [1.54, 1.807) is 6.92 Å². The second kappa shape index (κ2) is 4.03. The van der Waals surface area contributed by atoms with Crippen molar-refractivity contribution in [2.24, 2.45) is 29.6 Å². The summed E-state index contributed by atoms with van der Waals surface area (Å²) >= 11 is 0. The number of carbonyl (C=O) groups is 3. The number of ketones is 1. The number of hydrogen-bond acceptors (Lipinski definition) is 6. The van der Waals surface area contributed by atoms with Gasteiger partial charge in [0.2, 0.25) is 0 Å². The number of Topliss-reactive ketones (excluding diaryl/α,β-unsaturated/α-hetero) is 1. The van der Waals surface area contributed by atoms with Crippen LogP contribution in [0.4, 0.5) is 0 Å². The molecule has 6 heteroatoms. The van der Waals surface area contributed by atoms with Crippen molar-refractivity contribution in [3.8, 4) is 0 Å². The Labute approximate surface area is 110 Å². The zero-order valence-corrected chi connectivity index (χ0v) is 11.0. The summed E-state index contributed by atoms with van der Waals surface area (Å²) in [6, 6.07) is 0. The predicted octanol–water partition coefficient (Wildman–Crippen LogP) is -0.203. The van der Waals surface area contributed by atoms with Crippen LogP contribution in [0.25, 0.3) is 0 Å². The van der Waals surface area contributed by atoms with Crippen molar-refractivity contribution < 1.29 is 28.6 Å². The van der Waals surface area contributed by atoms with Crippen molar-refractivity contribution in [1.29, 1.82) is 0 Å². The number of rotatable bonds is 3. The summed E-state index contributed by atoms with van der Waals surface area (Å²) in [5, 5.41) is 0. The van der Waals surface area contributed by atoms with Crippen molar-refractivity contribution in [3.63, 3.8) is 0 Å². The molecule has 104 valence electrons. The van der Waals surface area contributed by atoms with E-state index in [4.69, 9.17) is 14.2 Å². The smallest absolute Gasteiger partial charge is 0.312 e. The molecule has 3 fully saturated rings. The maximum atomic E-state index is 11.9. The Bertz CT molecular complexity index is 424. The summed E-state index contributed by atoms with van der Waals surface area (Å²) < 4.78 is 15.3. The van der Waals surface area contributed by atoms with Gasteiger partial charge in [-0.25, -0.2) is 0 Å². The van der Waals surface area contributed by atoms with Gasteiger partial charge in [0.25, 0.3) is 0 Å². The minimum Gasteiger partial charge on any atom is -0.469 e. The standard InChI is InChI=1S/C13H16O6/c1-4(14)5-6-7(5)11-9(13(16)18-3)8(10(6)19-11)12(15)17-2/h5-11H,1-3H3/t5?,6?,7?,8-,9+,10-,11+. The molecule has 2 heterocycles. The lowest BCUT2D eigenvalue weighted by molar-refractivity contribution is -0.158. The van der Waals surface area contributed by atoms with E-state index < -0.39 is 23.8 Å². The van der Waals surface area contributed by atoms with Crippen LogP contribution in [0.1, 0.15) is 6.92 Å². The molecular formula is C13H16O6. The maximum absolute atomic E-state index is 11.9. The van der Waals surface area contributed by atoms with Gasteiger partial charge in [-0.2, -0.15) is 0 Å². The van der Waals surface area contributed by atoms with Gasteiger partial charge in [0.15, 0.2) is 0 Å². The summed E-state index contributed by atoms with van der Waals surface area (Å²) in [6.45, 7) is 1.54. The maximum Gasteiger partial charge on any atom is 0.312 e. The number of esters is 2. The Hall–Kier alpha value is -1.43. The van der Waals surface area contributed by atoms with Crippen LogP contribution in [-0.2, 0) is 28.6 Å². The van der Waals surface area contributed by atoms with Gasteiger partial charge in [-0.1, -0.05) is 0 Å². The second-order valence-corrected chi connectivity index (χ2v) is 5.45. The van der Waals surface area contributed by atoms with E-state index in [-0.39, 0.29) is 35.7 Å². The van der Waals surface area contributed by atoms with Crippen molar-refractivity contribution in [2.45, 2.75) is 19.1 Å². The summed E-state index contributed by atoms with van der Waals surface area (Å²) in [5.74, 6) is -2.07. The summed E-state index contributed by atoms with van der Waals surface area (Å²) in [5.41, 5.74) is 0. The van der Waals surface area contributed by atoms with Crippen LogP contribution in [-0.4, -0.2) is 44.1 Å². The molecule has 7 atom stereocenters. The molecule has 19 heavy (non-hydrogen) atoms. The molecule has 0 amide bonds. The lowest BCUT2D eigenvalue weighted by atomic mass is 9.79. The van der Waals surface area contributed by atoms with Crippen LogP contribution in [0.5, 0.6) is 0 Å². The van der Waals surface area contributed by atoms with E-state index in [0.29, 0.717) is 0 Å². The summed E-state index contributed by atoms with van der Waals surface area (Å²) in [7, 11) is 2.57. The quantitative estimate of drug-likeness (QED) is 0.659. The number of ether oxygens (including phenoxy) is 3. The number of methoxy groups -OCH3 is 2. The molecular weight excluding hydrogens is 252 g/mol. The highest BCUT2D eigenvalue weighted by molar-refractivity contribution is 5.87. The first-order chi connectivity index (χ1) is 9.02. The SMILES string of the molecule is COC(=O)[C@@H]1[C@H](C(=O)OC)[C@H]2O[C@@H]1C1C(C(C)=O)C12. The molecule has 0 aromatic heterocycles. The third-order valence-corrected chi connectivity index (χ3v) is 4.72. The average Bonchev–Trinajstić information content (AvgIpc) is 2.92. The molecule has 3 rings (SSSR count). The second-order valence-electron chi connectivity index (χ2n) is 5.45. The highest BCUT2D eigenvalue weighted by Crippen LogP contribution is 2.66. The van der Waals surface area contributed by atoms with Gasteiger partial charge in [-0.15, -0.1) is 0 Å². The molecule has 2 bridgehead atoms. The molecule has 1 aliphatic carbocycles. The topological polar surface area (TPSA) is 78.9 Å². The normalized spacial score (nSPS) is 45.5. The van der Waals surface area contributed by atoms with Gasteiger partial charge < -0.3 is 14.2 Å². The third-order valence-electron chi connectivity index (χ3n) is 4.72. The molecule has 3 aliphatic rings. The van der Waals surface area contributed by atoms with E-state index in [1.807, 2.05) is 0 Å². The number of fused-ring (bicyclic) bond motifs is 5. The molecule has 0 N–H and O–H groups in total. The van der Waals surface area contributed by atoms with Crippen molar-refractivity contribution in [3.05, 3.63) is 0 Å². The molecule has 0 spiro atoms. The van der Waals surface area contributed by atoms with Gasteiger partial charge >= 0.3 is 11.9 Å². The average molecular weight is 268 g/mol. The van der Waals surface area contributed by atoms with Gasteiger partial charge in [0.1, 0.15) is 5.78 Å². The van der Waals surface area contributed by atoms with E-state index in [1.165, 1.54) is 14.2 Å².